The number of carboxylic acids is 1. The highest BCUT2D eigenvalue weighted by molar-refractivity contribution is 8.01. The van der Waals surface area contributed by atoms with Crippen LogP contribution >= 0.6 is 43.4 Å². The number of benzene rings is 2. The van der Waals surface area contributed by atoms with E-state index in [1.165, 1.54) is 174 Å². The molecule has 3 heterocycles. The Morgan fingerprint density at radius 2 is 1.17 bits per heavy atom. The molecule has 2 aromatic carbocycles. The molecule has 2 aromatic heterocycles. The van der Waals surface area contributed by atoms with Gasteiger partial charge in [0, 0.05) is 127 Å². The number of thioether (sulfide) groups is 1. The number of sulfonamides is 1. The maximum absolute atomic E-state index is 13.8. The van der Waals surface area contributed by atoms with E-state index in [1.807, 2.05) is 0 Å². The molecule has 0 bridgehead atoms. The van der Waals surface area contributed by atoms with Gasteiger partial charge >= 0.3 is 25.5 Å². The van der Waals surface area contributed by atoms with E-state index in [4.69, 9.17) is 38.5 Å². The van der Waals surface area contributed by atoms with Crippen molar-refractivity contribution >= 4 is 141 Å². The lowest BCUT2D eigenvalue weighted by Crippen LogP contribution is -2.57. The molecule has 47 heteroatoms. The largest absolute Gasteiger partial charge is 0.494 e. The van der Waals surface area contributed by atoms with E-state index >= 15 is 0 Å². The molecule has 1 fully saturated rings. The fourth-order valence-corrected chi connectivity index (χ4v) is 19.3. The second kappa shape index (κ2) is 69.9. The molecule has 0 radical (unpaired) electrons. The zero-order valence-corrected chi connectivity index (χ0v) is 84.4. The van der Waals surface area contributed by atoms with Gasteiger partial charge in [-0.3, -0.25) is 82.6 Å². The number of H-pyrrole nitrogens is 1. The highest BCUT2D eigenvalue weighted by Gasteiger charge is 2.40. The third-order valence-corrected chi connectivity index (χ3v) is 27.7. The molecule has 0 aliphatic carbocycles. The number of imide groups is 1. The second-order valence-electron chi connectivity index (χ2n) is 33.7. The summed E-state index contributed by atoms with van der Waals surface area (Å²) in [6, 6.07) is 2.61. The Morgan fingerprint density at radius 3 is 1.74 bits per heavy atom. The maximum atomic E-state index is 13.8. The molecule has 2 unspecified atom stereocenters. The van der Waals surface area contributed by atoms with Crippen LogP contribution in [0.25, 0.3) is 10.9 Å². The molecule has 1 saturated heterocycles. The highest BCUT2D eigenvalue weighted by Crippen LogP contribution is 2.44. The summed E-state index contributed by atoms with van der Waals surface area (Å²) in [6.45, 7) is 6.07. The van der Waals surface area contributed by atoms with Crippen LogP contribution in [0.2, 0.25) is 0 Å². The number of esters is 2. The van der Waals surface area contributed by atoms with Gasteiger partial charge in [-0.1, -0.05) is 210 Å². The van der Waals surface area contributed by atoms with Crippen molar-refractivity contribution in [3.63, 3.8) is 0 Å². The molecule has 0 saturated carbocycles. The molecular formula is C91H144N13O29PS4. The van der Waals surface area contributed by atoms with Crippen LogP contribution in [-0.2, 0) is 123 Å². The molecule has 5 rings (SSSR count). The molecule has 776 valence electrons. The van der Waals surface area contributed by atoms with Gasteiger partial charge in [0.15, 0.2) is 12.1 Å². The summed E-state index contributed by atoms with van der Waals surface area (Å²) in [4.78, 5) is 178. The molecule has 13 N–H and O–H groups in total. The van der Waals surface area contributed by atoms with Crippen molar-refractivity contribution in [3.05, 3.63) is 81.4 Å². The van der Waals surface area contributed by atoms with Crippen LogP contribution < -0.4 is 57.6 Å². The van der Waals surface area contributed by atoms with Crippen molar-refractivity contribution in [2.45, 2.75) is 300 Å². The number of ether oxygens (including phenoxy) is 4. The minimum Gasteiger partial charge on any atom is -0.494 e. The number of rotatable bonds is 80. The topological polar surface area (TPSA) is 571 Å². The minimum absolute atomic E-state index is 0.00959. The van der Waals surface area contributed by atoms with E-state index in [2.05, 4.69) is 90.0 Å². The number of pyridine rings is 1. The SMILES string of the molecule is CCCCCCCCCCCCCCCCCC(=O)OC[C@H](COP(C)(=O)OCCNC(=O)COCCNC(=O)CCN1C(=O)CC(SCC(=O)N[C@@H](CSOOO)C(=O)N[C@@H](CSOOO)C(=O)NNC(=O)CCCOc2cc(C)c(S(=O)(=O)N[C@@H](CNC(=O)c3cn(C)c4cc(CNc5ncc[nH]5)ccc4c3=O)C(=O)O)c(C)c2)C1=O)OC(=O)CCCCCCCCCCCCCCCCC. The quantitative estimate of drug-likeness (QED) is 0.00371. The predicted octanol–water partition coefficient (Wildman–Crippen LogP) is 11.4. The number of fused-ring (bicyclic) bond motifs is 1. The number of hydrogen-bond donors (Lipinski definition) is 13. The van der Waals surface area contributed by atoms with Crippen LogP contribution in [0.15, 0.2) is 58.6 Å². The van der Waals surface area contributed by atoms with E-state index in [9.17, 15) is 80.4 Å². The van der Waals surface area contributed by atoms with Gasteiger partial charge in [-0.15, -0.1) is 20.4 Å². The van der Waals surface area contributed by atoms with Gasteiger partial charge in [0.25, 0.3) is 11.8 Å². The third kappa shape index (κ3) is 50.0. The van der Waals surface area contributed by atoms with Gasteiger partial charge in [0.05, 0.1) is 59.3 Å². The van der Waals surface area contributed by atoms with Gasteiger partial charge in [-0.2, -0.15) is 4.72 Å². The monoisotopic (exact) mass is 2040 g/mol. The van der Waals surface area contributed by atoms with Crippen LogP contribution in [0.5, 0.6) is 5.75 Å². The second-order valence-corrected chi connectivity index (χ2v) is 40.1. The number of hydrazine groups is 1. The van der Waals surface area contributed by atoms with E-state index < -0.39 is 154 Å². The average Bonchev–Trinajstić information content (AvgIpc) is 0.801. The number of anilines is 1. The fraction of sp³-hybridized carbons (Fsp3) is 0.670. The number of likely N-dealkylation sites (tertiary alicyclic amines) is 1. The minimum atomic E-state index is -4.61. The number of hydrogen-bond acceptors (Lipinski definition) is 33. The van der Waals surface area contributed by atoms with Crippen LogP contribution in [0.1, 0.15) is 272 Å². The number of unbranched alkanes of at least 4 members (excludes halogenated alkanes) is 28. The number of aromatic amines is 1. The Morgan fingerprint density at radius 1 is 0.616 bits per heavy atom. The van der Waals surface area contributed by atoms with E-state index in [0.29, 0.717) is 54.9 Å². The molecule has 138 heavy (non-hydrogen) atoms. The Kier molecular flexibility index (Phi) is 60.6. The summed E-state index contributed by atoms with van der Waals surface area (Å²) >= 11 is 1.39. The lowest BCUT2D eigenvalue weighted by Gasteiger charge is -2.22. The predicted molar refractivity (Wildman–Crippen MR) is 519 cm³/mol. The number of carbonyl (C=O) groups excluding carboxylic acids is 11. The summed E-state index contributed by atoms with van der Waals surface area (Å²) in [7, 11) is -6.79. The van der Waals surface area contributed by atoms with Gasteiger partial charge in [0.1, 0.15) is 42.7 Å². The van der Waals surface area contributed by atoms with Crippen LogP contribution in [-0.4, -0.2) is 234 Å². The molecular weight excluding hydrogens is 1900 g/mol. The number of aryl methyl sites for hydroxylation is 3. The van der Waals surface area contributed by atoms with Gasteiger partial charge in [-0.05, 0) is 74.1 Å². The van der Waals surface area contributed by atoms with Crippen LogP contribution in [0, 0.1) is 13.8 Å². The number of aromatic nitrogens is 3. The van der Waals surface area contributed by atoms with E-state index in [1.54, 1.807) is 42.2 Å². The highest BCUT2D eigenvalue weighted by atomic mass is 32.2. The summed E-state index contributed by atoms with van der Waals surface area (Å²) in [6.07, 6.45) is 38.5. The first-order valence-electron chi connectivity index (χ1n) is 47.7. The first kappa shape index (κ1) is 120. The van der Waals surface area contributed by atoms with Crippen molar-refractivity contribution in [1.29, 1.82) is 0 Å². The number of carbonyl (C=O) groups is 12. The van der Waals surface area contributed by atoms with Crippen molar-refractivity contribution in [1.82, 2.24) is 61.6 Å². The van der Waals surface area contributed by atoms with Crippen molar-refractivity contribution in [2.24, 2.45) is 7.05 Å². The first-order valence-corrected chi connectivity index (χ1v) is 54.0. The maximum Gasteiger partial charge on any atom is 0.327 e. The van der Waals surface area contributed by atoms with E-state index in [-0.39, 0.29) is 124 Å². The Hall–Kier alpha value is -8.87. The van der Waals surface area contributed by atoms with Gasteiger partial charge in [-0.25, -0.2) is 23.9 Å². The number of carboxylic acid groups (broad SMARTS) is 1. The lowest BCUT2D eigenvalue weighted by molar-refractivity contribution is -0.432. The Bertz CT molecular complexity index is 4600. The Balaban J connectivity index is 0.970. The third-order valence-electron chi connectivity index (χ3n) is 22.2. The number of nitrogens with one attached hydrogen (secondary N) is 10. The van der Waals surface area contributed by atoms with Gasteiger partial charge < -0.3 is 74.6 Å². The molecule has 4 aromatic rings. The molecule has 1 aliphatic rings. The fourth-order valence-electron chi connectivity index (χ4n) is 14.8. The molecule has 6 atom stereocenters. The van der Waals surface area contributed by atoms with Crippen molar-refractivity contribution in [2.75, 3.05) is 95.1 Å². The van der Waals surface area contributed by atoms with Crippen LogP contribution in [0.4, 0.5) is 5.95 Å². The zero-order chi connectivity index (χ0) is 101. The molecule has 1 aliphatic heterocycles. The average molecular weight is 2040 g/mol. The molecule has 42 nitrogen and oxygen atoms in total. The first-order chi connectivity index (χ1) is 66.4. The summed E-state index contributed by atoms with van der Waals surface area (Å²) in [5, 5.41) is 49.3. The molecule has 9 amide bonds. The summed E-state index contributed by atoms with van der Waals surface area (Å²) in [5.74, 6) is -10.6. The van der Waals surface area contributed by atoms with Crippen LogP contribution in [0.3, 0.4) is 0 Å². The smallest absolute Gasteiger partial charge is 0.327 e. The summed E-state index contributed by atoms with van der Waals surface area (Å²) < 4.78 is 87.0. The number of imidazole rings is 1. The number of nitrogens with zero attached hydrogens (tertiary/aromatic N) is 3. The zero-order valence-electron chi connectivity index (χ0n) is 80.2. The standard InChI is InChI=1S/C91H144N13O29PS4/c1-7-9-11-13-15-17-19-21-23-25-27-29-31-33-35-39-82(110)126-59-69(129-83(111)40-36-34-32-30-28-26-24-22-20-18-16-14-12-10-8-2)60-128-134(6,121)127-51-47-93-79(107)61-124-50-46-92-77(105)43-48-104-81(109)55-76(89(104)116)135-64-80(108)98-73(62-136-132-130-119)87(114)99-74(63-137-133-131-120)88(115)101-100-78(106)38-37-49-125-68-52-65(3)85(66(4)53-68)138(122,123)102-72(90(117)118)57-96-86(113)71-58-103(5)75-54-67(41-42-70(75)84(71)112)56-97-91-94-44-45-95-91/h41-42,44-45,52-54,58,69,72-74,76,102,119-120H,7-40,43,46-51,55-57,59-64H2,1-6H3,(H,92,105)(H,93,107)(H,96,113)(H,98,108)(H,99,114)(H,100,106)(H,101,115)(H,117,118)(H2,94,95,97)/t69-,72+,73+,74+,76?,134?/m1/s1. The lowest BCUT2D eigenvalue weighted by atomic mass is 10.0. The molecule has 0 spiro atoms. The van der Waals surface area contributed by atoms with Crippen molar-refractivity contribution < 1.29 is 133 Å². The summed E-state index contributed by atoms with van der Waals surface area (Å²) in [5.41, 5.74) is 4.89. The van der Waals surface area contributed by atoms with Gasteiger partial charge in [0.2, 0.25) is 56.8 Å². The van der Waals surface area contributed by atoms with E-state index in [0.717, 1.165) is 67.2 Å². The normalized spacial score (nSPS) is 13.9. The number of amides is 9. The van der Waals surface area contributed by atoms with Crippen molar-refractivity contribution in [3.8, 4) is 5.75 Å². The Labute approximate surface area is 820 Å². The number of aliphatic carboxylic acids is 1.